The summed E-state index contributed by atoms with van der Waals surface area (Å²) in [6.45, 7) is 4.42. The van der Waals surface area contributed by atoms with Crippen LogP contribution >= 0.6 is 0 Å². The summed E-state index contributed by atoms with van der Waals surface area (Å²) in [4.78, 5) is 12.9. The number of fused-ring (bicyclic) bond motifs is 1. The molecule has 0 saturated heterocycles. The lowest BCUT2D eigenvalue weighted by Gasteiger charge is -2.13. The molecule has 30 heavy (non-hydrogen) atoms. The second kappa shape index (κ2) is 8.41. The van der Waals surface area contributed by atoms with Crippen molar-refractivity contribution in [2.75, 3.05) is 0 Å². The molecule has 0 saturated carbocycles. The van der Waals surface area contributed by atoms with E-state index < -0.39 is 0 Å². The molecular formula is C25H21FO4. The predicted octanol–water partition coefficient (Wildman–Crippen LogP) is 6.43. The van der Waals surface area contributed by atoms with Gasteiger partial charge in [0.25, 0.3) is 0 Å². The van der Waals surface area contributed by atoms with Gasteiger partial charge in [-0.1, -0.05) is 44.2 Å². The summed E-state index contributed by atoms with van der Waals surface area (Å²) >= 11 is 0. The van der Waals surface area contributed by atoms with Crippen LogP contribution in [0.3, 0.4) is 0 Å². The van der Waals surface area contributed by atoms with Gasteiger partial charge in [0.05, 0.1) is 5.39 Å². The number of hydrogen-bond acceptors (Lipinski definition) is 4. The fourth-order valence-corrected chi connectivity index (χ4v) is 3.17. The lowest BCUT2D eigenvalue weighted by molar-refractivity contribution is 0.306. The normalized spacial score (nSPS) is 11.1. The number of ether oxygens (including phenoxy) is 2. The number of benzene rings is 3. The topological polar surface area (TPSA) is 48.7 Å². The Morgan fingerprint density at radius 3 is 2.50 bits per heavy atom. The Morgan fingerprint density at radius 2 is 1.73 bits per heavy atom. The van der Waals surface area contributed by atoms with E-state index in [-0.39, 0.29) is 29.5 Å². The minimum Gasteiger partial charge on any atom is -0.489 e. The minimum absolute atomic E-state index is 0.135. The summed E-state index contributed by atoms with van der Waals surface area (Å²) in [6, 6.07) is 18.7. The van der Waals surface area contributed by atoms with Crippen LogP contribution in [-0.4, -0.2) is 0 Å². The lowest BCUT2D eigenvalue weighted by atomic mass is 10.0. The highest BCUT2D eigenvalue weighted by Gasteiger charge is 2.13. The lowest BCUT2D eigenvalue weighted by Crippen LogP contribution is -2.06. The van der Waals surface area contributed by atoms with E-state index >= 15 is 0 Å². The zero-order valence-electron chi connectivity index (χ0n) is 16.7. The van der Waals surface area contributed by atoms with Gasteiger partial charge in [0.1, 0.15) is 35.8 Å². The van der Waals surface area contributed by atoms with E-state index in [4.69, 9.17) is 13.9 Å². The van der Waals surface area contributed by atoms with Crippen molar-refractivity contribution >= 4 is 11.0 Å². The largest absolute Gasteiger partial charge is 0.489 e. The van der Waals surface area contributed by atoms with Crippen LogP contribution in [0.25, 0.3) is 11.0 Å². The summed E-state index contributed by atoms with van der Waals surface area (Å²) in [5.41, 5.74) is 2.01. The second-order valence-electron chi connectivity index (χ2n) is 7.30. The first kappa shape index (κ1) is 19.7. The molecule has 0 unspecified atom stereocenters. The Balaban J connectivity index is 1.57. The molecule has 1 aromatic heterocycles. The van der Waals surface area contributed by atoms with Crippen molar-refractivity contribution in [1.29, 1.82) is 0 Å². The molecule has 0 amide bonds. The molecule has 1 heterocycles. The Bertz CT molecular complexity index is 1230. The number of halogens is 1. The van der Waals surface area contributed by atoms with Crippen LogP contribution in [0.1, 0.15) is 30.9 Å². The number of para-hydroxylation sites is 1. The van der Waals surface area contributed by atoms with Crippen molar-refractivity contribution in [3.05, 3.63) is 100 Å². The Labute approximate surface area is 173 Å². The first-order valence-corrected chi connectivity index (χ1v) is 9.71. The summed E-state index contributed by atoms with van der Waals surface area (Å²) < 4.78 is 30.3. The molecule has 0 fully saturated rings. The fourth-order valence-electron chi connectivity index (χ4n) is 3.17. The number of hydrogen-bond donors (Lipinski definition) is 0. The van der Waals surface area contributed by atoms with Gasteiger partial charge in [-0.25, -0.2) is 4.39 Å². The molecule has 4 rings (SSSR count). The van der Waals surface area contributed by atoms with Crippen LogP contribution in [0.2, 0.25) is 0 Å². The van der Waals surface area contributed by atoms with Crippen LogP contribution in [0, 0.1) is 5.82 Å². The third-order valence-electron chi connectivity index (χ3n) is 4.79. The summed E-state index contributed by atoms with van der Waals surface area (Å²) in [6.07, 6.45) is 1.32. The van der Waals surface area contributed by atoms with Crippen molar-refractivity contribution < 1.29 is 18.3 Å². The molecular weight excluding hydrogens is 383 g/mol. The monoisotopic (exact) mass is 404 g/mol. The zero-order valence-corrected chi connectivity index (χ0v) is 16.7. The molecule has 4 aromatic rings. The molecule has 152 valence electrons. The average Bonchev–Trinajstić information content (AvgIpc) is 2.75. The molecule has 0 aliphatic rings. The molecule has 0 bridgehead atoms. The highest BCUT2D eigenvalue weighted by molar-refractivity contribution is 5.79. The Kier molecular flexibility index (Phi) is 5.53. The van der Waals surface area contributed by atoms with E-state index in [1.165, 1.54) is 18.4 Å². The van der Waals surface area contributed by atoms with Gasteiger partial charge in [-0.15, -0.1) is 0 Å². The molecule has 4 nitrogen and oxygen atoms in total. The molecule has 0 spiro atoms. The quantitative estimate of drug-likeness (QED) is 0.372. The zero-order chi connectivity index (χ0) is 21.1. The highest BCUT2D eigenvalue weighted by Crippen LogP contribution is 2.30. The molecule has 0 aliphatic carbocycles. The maximum Gasteiger partial charge on any atom is 0.235 e. The first-order chi connectivity index (χ1) is 14.5. The molecule has 3 aromatic carbocycles. The average molecular weight is 404 g/mol. The number of rotatable bonds is 6. The fraction of sp³-hybridized carbons (Fsp3) is 0.160. The molecule has 0 N–H and O–H groups in total. The Hall–Kier alpha value is -3.60. The standard InChI is InChI=1S/C25H21FO4/c1-16(2)20-5-3-4-6-22(20)30-24-15-29-23-13-19(11-12-21(23)25(24)27)28-14-17-7-9-18(26)10-8-17/h3-13,15-16H,14H2,1-2H3. The van der Waals surface area contributed by atoms with Crippen LogP contribution in [-0.2, 0) is 6.61 Å². The van der Waals surface area contributed by atoms with E-state index in [0.717, 1.165) is 11.1 Å². The smallest absolute Gasteiger partial charge is 0.235 e. The van der Waals surface area contributed by atoms with Gasteiger partial charge in [0, 0.05) is 6.07 Å². The first-order valence-electron chi connectivity index (χ1n) is 9.71. The van der Waals surface area contributed by atoms with E-state index in [1.54, 1.807) is 30.3 Å². The third-order valence-corrected chi connectivity index (χ3v) is 4.79. The van der Waals surface area contributed by atoms with Gasteiger partial charge < -0.3 is 13.9 Å². The highest BCUT2D eigenvalue weighted by atomic mass is 19.1. The second-order valence-corrected chi connectivity index (χ2v) is 7.30. The van der Waals surface area contributed by atoms with Crippen LogP contribution in [0.15, 0.2) is 82.2 Å². The van der Waals surface area contributed by atoms with Gasteiger partial charge in [0.2, 0.25) is 11.2 Å². The molecule has 0 atom stereocenters. The van der Waals surface area contributed by atoms with Gasteiger partial charge in [-0.3, -0.25) is 4.79 Å². The SMILES string of the molecule is CC(C)c1ccccc1Oc1coc2cc(OCc3ccc(F)cc3)ccc2c1=O. The molecule has 0 aliphatic heterocycles. The van der Waals surface area contributed by atoms with E-state index in [2.05, 4.69) is 13.8 Å². The van der Waals surface area contributed by atoms with Crippen molar-refractivity contribution in [1.82, 2.24) is 0 Å². The summed E-state index contributed by atoms with van der Waals surface area (Å²) in [5, 5.41) is 0.406. The third kappa shape index (κ3) is 4.20. The minimum atomic E-state index is -0.291. The summed E-state index contributed by atoms with van der Waals surface area (Å²) in [5.74, 6) is 1.29. The predicted molar refractivity (Wildman–Crippen MR) is 114 cm³/mol. The van der Waals surface area contributed by atoms with E-state index in [9.17, 15) is 9.18 Å². The maximum absolute atomic E-state index is 13.0. The van der Waals surface area contributed by atoms with E-state index in [1.807, 2.05) is 24.3 Å². The van der Waals surface area contributed by atoms with Gasteiger partial charge in [-0.05, 0) is 47.4 Å². The molecule has 5 heteroatoms. The van der Waals surface area contributed by atoms with Crippen LogP contribution in [0.5, 0.6) is 17.2 Å². The van der Waals surface area contributed by atoms with Crippen molar-refractivity contribution in [2.24, 2.45) is 0 Å². The van der Waals surface area contributed by atoms with Gasteiger partial charge >= 0.3 is 0 Å². The van der Waals surface area contributed by atoms with Gasteiger partial charge in [0.15, 0.2) is 0 Å². The van der Waals surface area contributed by atoms with Crippen LogP contribution in [0.4, 0.5) is 4.39 Å². The van der Waals surface area contributed by atoms with Crippen molar-refractivity contribution in [2.45, 2.75) is 26.4 Å². The van der Waals surface area contributed by atoms with Crippen LogP contribution < -0.4 is 14.9 Å². The van der Waals surface area contributed by atoms with Gasteiger partial charge in [-0.2, -0.15) is 0 Å². The maximum atomic E-state index is 13.0. The summed E-state index contributed by atoms with van der Waals surface area (Å²) in [7, 11) is 0. The van der Waals surface area contributed by atoms with E-state index in [0.29, 0.717) is 22.5 Å². The Morgan fingerprint density at radius 1 is 0.967 bits per heavy atom. The molecule has 0 radical (unpaired) electrons. The van der Waals surface area contributed by atoms with Crippen molar-refractivity contribution in [3.63, 3.8) is 0 Å². The van der Waals surface area contributed by atoms with Crippen molar-refractivity contribution in [3.8, 4) is 17.2 Å².